The number of hydrogen-bond donors (Lipinski definition) is 0. The fourth-order valence-corrected chi connectivity index (χ4v) is 2.27. The lowest BCUT2D eigenvalue weighted by molar-refractivity contribution is 0.102. The number of carbonyl (C=O) groups excluding carboxylic acids is 1. The molecule has 0 saturated heterocycles. The Morgan fingerprint density at radius 3 is 2.47 bits per heavy atom. The van der Waals surface area contributed by atoms with Crippen molar-refractivity contribution in [1.29, 1.82) is 0 Å². The molecule has 0 bridgehead atoms. The van der Waals surface area contributed by atoms with Gasteiger partial charge in [0.25, 0.3) is 0 Å². The zero-order valence-electron chi connectivity index (χ0n) is 9.21. The maximum Gasteiger partial charge on any atom is 0.173 e. The quantitative estimate of drug-likeness (QED) is 0.776. The van der Waals surface area contributed by atoms with Crippen LogP contribution in [0.25, 0.3) is 0 Å². The van der Waals surface area contributed by atoms with Crippen LogP contribution in [0.2, 0.25) is 0 Å². The largest absolute Gasteiger partial charge is 0.293 e. The number of Topliss-reactive ketones (excluding diaryl/α,β-unsaturated/α-hetero) is 1. The van der Waals surface area contributed by atoms with Gasteiger partial charge in [-0.25, -0.2) is 0 Å². The number of hydrogen-bond acceptors (Lipinski definition) is 2. The predicted octanol–water partition coefficient (Wildman–Crippen LogP) is 4.16. The summed E-state index contributed by atoms with van der Waals surface area (Å²) in [5.74, 6) is 0.717. The second-order valence-electron chi connectivity index (χ2n) is 4.30. The van der Waals surface area contributed by atoms with Crippen LogP contribution in [0.4, 0.5) is 0 Å². The lowest BCUT2D eigenvalue weighted by Crippen LogP contribution is -2.13. The van der Waals surface area contributed by atoms with Crippen molar-refractivity contribution in [2.24, 2.45) is 0 Å². The normalized spacial score (nSPS) is 11.5. The van der Waals surface area contributed by atoms with E-state index in [2.05, 4.69) is 36.7 Å². The summed E-state index contributed by atoms with van der Waals surface area (Å²) in [7, 11) is 0. The van der Waals surface area contributed by atoms with E-state index in [4.69, 9.17) is 0 Å². The Labute approximate surface area is 104 Å². The average molecular weight is 287 g/mol. The van der Waals surface area contributed by atoms with Gasteiger partial charge in [0.15, 0.2) is 5.78 Å². The van der Waals surface area contributed by atoms with Gasteiger partial charge in [-0.05, 0) is 6.07 Å². The first-order valence-corrected chi connectivity index (χ1v) is 6.60. The molecule has 0 aliphatic rings. The standard InChI is InChI=1S/C12H15BrOS/c1-12(2,3)15-8-11(14)9-6-4-5-7-10(9)13/h4-7H,8H2,1-3H3. The van der Waals surface area contributed by atoms with E-state index in [-0.39, 0.29) is 10.5 Å². The molecular weight excluding hydrogens is 272 g/mol. The smallest absolute Gasteiger partial charge is 0.173 e. The van der Waals surface area contributed by atoms with Crippen LogP contribution in [0.5, 0.6) is 0 Å². The highest BCUT2D eigenvalue weighted by atomic mass is 79.9. The van der Waals surface area contributed by atoms with Crippen LogP contribution in [0, 0.1) is 0 Å². The van der Waals surface area contributed by atoms with Gasteiger partial charge in [-0.1, -0.05) is 54.9 Å². The Bertz CT molecular complexity index is 355. The lowest BCUT2D eigenvalue weighted by Gasteiger charge is -2.16. The fourth-order valence-electron chi connectivity index (χ4n) is 1.05. The van der Waals surface area contributed by atoms with Crippen molar-refractivity contribution >= 4 is 33.5 Å². The van der Waals surface area contributed by atoms with E-state index < -0.39 is 0 Å². The van der Waals surface area contributed by atoms with E-state index in [0.29, 0.717) is 5.75 Å². The van der Waals surface area contributed by atoms with Gasteiger partial charge in [0.05, 0.1) is 5.75 Å². The van der Waals surface area contributed by atoms with Crippen molar-refractivity contribution in [1.82, 2.24) is 0 Å². The molecule has 0 radical (unpaired) electrons. The van der Waals surface area contributed by atoms with E-state index in [1.54, 1.807) is 11.8 Å². The van der Waals surface area contributed by atoms with Crippen LogP contribution in [0.1, 0.15) is 31.1 Å². The van der Waals surface area contributed by atoms with Gasteiger partial charge in [-0.3, -0.25) is 4.79 Å². The highest BCUT2D eigenvalue weighted by molar-refractivity contribution is 9.10. The van der Waals surface area contributed by atoms with E-state index >= 15 is 0 Å². The van der Waals surface area contributed by atoms with Gasteiger partial charge in [0, 0.05) is 14.8 Å². The highest BCUT2D eigenvalue weighted by Crippen LogP contribution is 2.25. The number of carbonyl (C=O) groups is 1. The molecule has 0 saturated carbocycles. The summed E-state index contributed by atoms with van der Waals surface area (Å²) in [6.07, 6.45) is 0. The first-order chi connectivity index (χ1) is 6.90. The Morgan fingerprint density at radius 1 is 1.33 bits per heavy atom. The van der Waals surface area contributed by atoms with E-state index in [1.165, 1.54) is 0 Å². The maximum absolute atomic E-state index is 11.9. The molecule has 0 N–H and O–H groups in total. The molecular formula is C12H15BrOS. The molecule has 82 valence electrons. The second-order valence-corrected chi connectivity index (χ2v) is 6.96. The molecule has 3 heteroatoms. The second kappa shape index (κ2) is 5.17. The molecule has 1 nitrogen and oxygen atoms in total. The topological polar surface area (TPSA) is 17.1 Å². The van der Waals surface area contributed by atoms with Gasteiger partial charge >= 0.3 is 0 Å². The summed E-state index contributed by atoms with van der Waals surface area (Å²) in [4.78, 5) is 11.9. The fraction of sp³-hybridized carbons (Fsp3) is 0.417. The maximum atomic E-state index is 11.9. The third kappa shape index (κ3) is 4.39. The number of thioether (sulfide) groups is 1. The minimum absolute atomic E-state index is 0.136. The summed E-state index contributed by atoms with van der Waals surface area (Å²) < 4.78 is 1.02. The van der Waals surface area contributed by atoms with Crippen molar-refractivity contribution in [3.05, 3.63) is 34.3 Å². The summed E-state index contributed by atoms with van der Waals surface area (Å²) in [6.45, 7) is 6.35. The Kier molecular flexibility index (Phi) is 4.41. The molecule has 0 unspecified atom stereocenters. The molecule has 0 aliphatic heterocycles. The minimum Gasteiger partial charge on any atom is -0.293 e. The number of ketones is 1. The molecule has 1 rings (SSSR count). The number of rotatable bonds is 3. The molecule has 1 aromatic carbocycles. The first-order valence-electron chi connectivity index (χ1n) is 4.82. The van der Waals surface area contributed by atoms with Crippen molar-refractivity contribution in [2.75, 3.05) is 5.75 Å². The van der Waals surface area contributed by atoms with Crippen molar-refractivity contribution in [2.45, 2.75) is 25.5 Å². The SMILES string of the molecule is CC(C)(C)SCC(=O)c1ccccc1Br. The van der Waals surface area contributed by atoms with E-state index in [0.717, 1.165) is 10.0 Å². The minimum atomic E-state index is 0.136. The zero-order chi connectivity index (χ0) is 11.5. The Hall–Kier alpha value is -0.280. The van der Waals surface area contributed by atoms with Crippen molar-refractivity contribution < 1.29 is 4.79 Å². The Balaban J connectivity index is 2.66. The van der Waals surface area contributed by atoms with Crippen LogP contribution < -0.4 is 0 Å². The summed E-state index contributed by atoms with van der Waals surface area (Å²) in [6, 6.07) is 7.56. The third-order valence-corrected chi connectivity index (χ3v) is 3.77. The van der Waals surface area contributed by atoms with Crippen LogP contribution in [0.3, 0.4) is 0 Å². The van der Waals surface area contributed by atoms with Gasteiger partial charge in [0.1, 0.15) is 0 Å². The van der Waals surface area contributed by atoms with Crippen LogP contribution in [-0.2, 0) is 0 Å². The summed E-state index contributed by atoms with van der Waals surface area (Å²) >= 11 is 5.06. The van der Waals surface area contributed by atoms with Crippen LogP contribution in [0.15, 0.2) is 28.7 Å². The number of halogens is 1. The van der Waals surface area contributed by atoms with Crippen molar-refractivity contribution in [3.63, 3.8) is 0 Å². The van der Waals surface area contributed by atoms with Gasteiger partial charge in [-0.15, -0.1) is 11.8 Å². The highest BCUT2D eigenvalue weighted by Gasteiger charge is 2.15. The number of benzene rings is 1. The zero-order valence-corrected chi connectivity index (χ0v) is 11.6. The lowest BCUT2D eigenvalue weighted by atomic mass is 10.1. The van der Waals surface area contributed by atoms with Gasteiger partial charge in [0.2, 0.25) is 0 Å². The molecule has 0 amide bonds. The van der Waals surface area contributed by atoms with E-state index in [9.17, 15) is 4.79 Å². The Morgan fingerprint density at radius 2 is 1.93 bits per heavy atom. The van der Waals surface area contributed by atoms with Crippen molar-refractivity contribution in [3.8, 4) is 0 Å². The molecule has 0 aromatic heterocycles. The third-order valence-electron chi connectivity index (χ3n) is 1.81. The van der Waals surface area contributed by atoms with E-state index in [1.807, 2.05) is 24.3 Å². The molecule has 0 heterocycles. The van der Waals surface area contributed by atoms with Gasteiger partial charge in [-0.2, -0.15) is 0 Å². The average Bonchev–Trinajstić information content (AvgIpc) is 2.14. The molecule has 0 spiro atoms. The van der Waals surface area contributed by atoms with Gasteiger partial charge < -0.3 is 0 Å². The summed E-state index contributed by atoms with van der Waals surface area (Å²) in [5.41, 5.74) is 0.772. The molecule has 0 aliphatic carbocycles. The molecule has 0 atom stereocenters. The molecule has 1 aromatic rings. The molecule has 0 fully saturated rings. The molecule has 15 heavy (non-hydrogen) atoms. The first kappa shape index (κ1) is 12.8. The monoisotopic (exact) mass is 286 g/mol. The predicted molar refractivity (Wildman–Crippen MR) is 70.7 cm³/mol. The summed E-state index contributed by atoms with van der Waals surface area (Å²) in [5, 5.41) is 0. The van der Waals surface area contributed by atoms with Crippen LogP contribution in [-0.4, -0.2) is 16.3 Å². The van der Waals surface area contributed by atoms with Crippen LogP contribution >= 0.6 is 27.7 Å².